The molecular weight excluding hydrogens is 418 g/mol. The minimum Gasteiger partial charge on any atom is -0.490 e. The van der Waals surface area contributed by atoms with Gasteiger partial charge in [-0.25, -0.2) is 8.42 Å². The van der Waals surface area contributed by atoms with Gasteiger partial charge in [-0.15, -0.1) is 0 Å². The second-order valence-corrected chi connectivity index (χ2v) is 9.29. The highest BCUT2D eigenvalue weighted by Gasteiger charge is 2.36. The van der Waals surface area contributed by atoms with Gasteiger partial charge in [0.15, 0.2) is 11.5 Å². The molecular formula is C19H20BrNO4S. The Morgan fingerprint density at radius 3 is 2.62 bits per heavy atom. The minimum absolute atomic E-state index is 0.184. The van der Waals surface area contributed by atoms with Crippen molar-refractivity contribution in [2.75, 3.05) is 19.8 Å². The lowest BCUT2D eigenvalue weighted by molar-refractivity contribution is 0.296. The predicted molar refractivity (Wildman–Crippen MR) is 102 cm³/mol. The highest BCUT2D eigenvalue weighted by Crippen LogP contribution is 2.40. The molecule has 0 amide bonds. The lowest BCUT2D eigenvalue weighted by atomic mass is 10.0. The maximum Gasteiger partial charge on any atom is 0.243 e. The van der Waals surface area contributed by atoms with Gasteiger partial charge in [0.1, 0.15) is 0 Å². The Kier molecular flexibility index (Phi) is 4.94. The Labute approximate surface area is 162 Å². The third kappa shape index (κ3) is 3.35. The monoisotopic (exact) mass is 437 g/mol. The molecule has 0 saturated carbocycles. The van der Waals surface area contributed by atoms with E-state index in [0.717, 1.165) is 35.0 Å². The van der Waals surface area contributed by atoms with Crippen LogP contribution in [0.4, 0.5) is 0 Å². The van der Waals surface area contributed by atoms with Crippen LogP contribution < -0.4 is 9.47 Å². The molecule has 2 aliphatic rings. The Bertz CT molecular complexity index is 916. The first-order valence-corrected chi connectivity index (χ1v) is 11.0. The molecule has 26 heavy (non-hydrogen) atoms. The molecule has 1 unspecified atom stereocenters. The lowest BCUT2D eigenvalue weighted by Crippen LogP contribution is -2.30. The van der Waals surface area contributed by atoms with E-state index in [1.54, 1.807) is 22.5 Å². The molecule has 0 spiro atoms. The summed E-state index contributed by atoms with van der Waals surface area (Å²) in [5.74, 6) is 1.43. The highest BCUT2D eigenvalue weighted by molar-refractivity contribution is 9.10. The molecule has 1 fully saturated rings. The molecule has 2 aromatic rings. The van der Waals surface area contributed by atoms with Crippen LogP contribution in [0.3, 0.4) is 0 Å². The maximum atomic E-state index is 13.2. The number of benzene rings is 2. The summed E-state index contributed by atoms with van der Waals surface area (Å²) in [6.07, 6.45) is 2.48. The molecule has 5 nitrogen and oxygen atoms in total. The fourth-order valence-electron chi connectivity index (χ4n) is 3.51. The quantitative estimate of drug-likeness (QED) is 0.723. The first kappa shape index (κ1) is 17.8. The molecule has 1 saturated heterocycles. The fourth-order valence-corrected chi connectivity index (χ4v) is 5.79. The number of hydrogen-bond acceptors (Lipinski definition) is 4. The maximum absolute atomic E-state index is 13.2. The van der Waals surface area contributed by atoms with E-state index in [2.05, 4.69) is 15.9 Å². The van der Waals surface area contributed by atoms with Crippen LogP contribution in [-0.4, -0.2) is 32.5 Å². The molecule has 4 rings (SSSR count). The number of ether oxygens (including phenoxy) is 2. The van der Waals surface area contributed by atoms with E-state index < -0.39 is 10.0 Å². The van der Waals surface area contributed by atoms with Gasteiger partial charge in [0, 0.05) is 17.4 Å². The molecule has 2 aromatic carbocycles. The van der Waals surface area contributed by atoms with Crippen molar-refractivity contribution in [2.45, 2.75) is 30.2 Å². The summed E-state index contributed by atoms with van der Waals surface area (Å²) in [6.45, 7) is 1.77. The average Bonchev–Trinajstić information content (AvgIpc) is 3.02. The van der Waals surface area contributed by atoms with Gasteiger partial charge in [-0.3, -0.25) is 0 Å². The minimum atomic E-state index is -3.56. The molecule has 0 aliphatic carbocycles. The van der Waals surface area contributed by atoms with E-state index in [9.17, 15) is 8.42 Å². The van der Waals surface area contributed by atoms with Gasteiger partial charge in [-0.2, -0.15) is 4.31 Å². The average molecular weight is 438 g/mol. The zero-order valence-electron chi connectivity index (χ0n) is 14.2. The first-order chi connectivity index (χ1) is 12.6. The van der Waals surface area contributed by atoms with Crippen molar-refractivity contribution in [3.05, 3.63) is 52.5 Å². The predicted octanol–water partition coefficient (Wildman–Crippen LogP) is 4.14. The molecule has 2 heterocycles. The number of halogens is 1. The van der Waals surface area contributed by atoms with Crippen LogP contribution in [0, 0.1) is 0 Å². The van der Waals surface area contributed by atoms with Crippen molar-refractivity contribution >= 4 is 26.0 Å². The van der Waals surface area contributed by atoms with Gasteiger partial charge in [0.25, 0.3) is 0 Å². The van der Waals surface area contributed by atoms with Crippen molar-refractivity contribution in [3.8, 4) is 11.5 Å². The molecule has 0 N–H and O–H groups in total. The number of nitrogens with zero attached hydrogens (tertiary/aromatic N) is 1. The summed E-state index contributed by atoms with van der Waals surface area (Å²) in [6, 6.07) is 12.4. The van der Waals surface area contributed by atoms with E-state index in [0.29, 0.717) is 30.4 Å². The van der Waals surface area contributed by atoms with Gasteiger partial charge in [0.05, 0.1) is 24.2 Å². The summed E-state index contributed by atoms with van der Waals surface area (Å²) >= 11 is 3.36. The van der Waals surface area contributed by atoms with Gasteiger partial charge in [0.2, 0.25) is 10.0 Å². The zero-order chi connectivity index (χ0) is 18.1. The Balaban J connectivity index is 1.68. The summed E-state index contributed by atoms with van der Waals surface area (Å²) < 4.78 is 40.1. The second kappa shape index (κ2) is 7.21. The molecule has 0 aromatic heterocycles. The topological polar surface area (TPSA) is 55.8 Å². The molecule has 7 heteroatoms. The van der Waals surface area contributed by atoms with Crippen molar-refractivity contribution in [3.63, 3.8) is 0 Å². The third-order valence-electron chi connectivity index (χ3n) is 4.76. The third-order valence-corrected chi connectivity index (χ3v) is 7.16. The van der Waals surface area contributed by atoms with Crippen LogP contribution in [0.1, 0.15) is 30.9 Å². The van der Waals surface area contributed by atoms with Crippen molar-refractivity contribution in [1.29, 1.82) is 0 Å². The largest absolute Gasteiger partial charge is 0.490 e. The van der Waals surface area contributed by atoms with Gasteiger partial charge in [-0.1, -0.05) is 28.1 Å². The van der Waals surface area contributed by atoms with Crippen LogP contribution in [0.2, 0.25) is 0 Å². The number of rotatable bonds is 3. The normalized spacial score (nSPS) is 20.7. The SMILES string of the molecule is O=S(=O)(c1cccc(Br)c1)N1CCCC1c1ccc2c(c1)OCCCO2. The van der Waals surface area contributed by atoms with Crippen molar-refractivity contribution in [1.82, 2.24) is 4.31 Å². The number of hydrogen-bond donors (Lipinski definition) is 0. The summed E-state index contributed by atoms with van der Waals surface area (Å²) in [7, 11) is -3.56. The van der Waals surface area contributed by atoms with E-state index in [1.807, 2.05) is 24.3 Å². The van der Waals surface area contributed by atoms with Gasteiger partial charge in [-0.05, 0) is 48.7 Å². The van der Waals surface area contributed by atoms with E-state index >= 15 is 0 Å². The molecule has 0 bridgehead atoms. The molecule has 1 atom stereocenters. The Hall–Kier alpha value is -1.57. The van der Waals surface area contributed by atoms with Crippen LogP contribution >= 0.6 is 15.9 Å². The van der Waals surface area contributed by atoms with Crippen LogP contribution in [0.25, 0.3) is 0 Å². The van der Waals surface area contributed by atoms with E-state index in [-0.39, 0.29) is 6.04 Å². The van der Waals surface area contributed by atoms with E-state index in [4.69, 9.17) is 9.47 Å². The van der Waals surface area contributed by atoms with E-state index in [1.165, 1.54) is 0 Å². The Morgan fingerprint density at radius 1 is 1.00 bits per heavy atom. The van der Waals surface area contributed by atoms with Crippen molar-refractivity contribution in [2.24, 2.45) is 0 Å². The van der Waals surface area contributed by atoms with Crippen molar-refractivity contribution < 1.29 is 17.9 Å². The highest BCUT2D eigenvalue weighted by atomic mass is 79.9. The molecule has 138 valence electrons. The lowest BCUT2D eigenvalue weighted by Gasteiger charge is -2.25. The molecule has 2 aliphatic heterocycles. The van der Waals surface area contributed by atoms with Gasteiger partial charge < -0.3 is 9.47 Å². The summed E-state index contributed by atoms with van der Waals surface area (Å²) in [5.41, 5.74) is 0.949. The fraction of sp³-hybridized carbons (Fsp3) is 0.368. The summed E-state index contributed by atoms with van der Waals surface area (Å²) in [4.78, 5) is 0.313. The summed E-state index contributed by atoms with van der Waals surface area (Å²) in [5, 5.41) is 0. The first-order valence-electron chi connectivity index (χ1n) is 8.73. The van der Waals surface area contributed by atoms with Crippen LogP contribution in [-0.2, 0) is 10.0 Å². The Morgan fingerprint density at radius 2 is 1.81 bits per heavy atom. The smallest absolute Gasteiger partial charge is 0.243 e. The van der Waals surface area contributed by atoms with Crippen LogP contribution in [0.15, 0.2) is 51.8 Å². The van der Waals surface area contributed by atoms with Crippen LogP contribution in [0.5, 0.6) is 11.5 Å². The van der Waals surface area contributed by atoms with Gasteiger partial charge >= 0.3 is 0 Å². The molecule has 0 radical (unpaired) electrons. The standard InChI is InChI=1S/C19H20BrNO4S/c20-15-4-1-5-16(13-15)26(22,23)21-9-2-6-17(21)14-7-8-18-19(12-14)25-11-3-10-24-18/h1,4-5,7-8,12-13,17H,2-3,6,9-11H2. The number of sulfonamides is 1. The number of fused-ring (bicyclic) bond motifs is 1. The second-order valence-electron chi connectivity index (χ2n) is 6.49. The zero-order valence-corrected chi connectivity index (χ0v) is 16.6.